The summed E-state index contributed by atoms with van der Waals surface area (Å²) in [6.45, 7) is 8.40. The molecule has 0 saturated carbocycles. The fourth-order valence-corrected chi connectivity index (χ4v) is 2.27. The molecule has 1 aliphatic rings. The van der Waals surface area contributed by atoms with Crippen molar-refractivity contribution >= 4 is 18.3 Å². The molecule has 19 heavy (non-hydrogen) atoms. The van der Waals surface area contributed by atoms with Crippen molar-refractivity contribution in [3.8, 4) is 0 Å². The van der Waals surface area contributed by atoms with Gasteiger partial charge in [0.05, 0.1) is 0 Å². The predicted molar refractivity (Wildman–Crippen MR) is 77.6 cm³/mol. The van der Waals surface area contributed by atoms with Crippen molar-refractivity contribution in [1.29, 1.82) is 0 Å². The number of carbonyl (C=O) groups excluding carboxylic acids is 1. The Morgan fingerprint density at radius 2 is 2.32 bits per heavy atom. The van der Waals surface area contributed by atoms with E-state index in [1.54, 1.807) is 0 Å². The second-order valence-corrected chi connectivity index (χ2v) is 5.85. The van der Waals surface area contributed by atoms with E-state index in [0.29, 0.717) is 18.2 Å². The fraction of sp³-hybridized carbons (Fsp3) is 0.692. The summed E-state index contributed by atoms with van der Waals surface area (Å²) in [5.74, 6) is 0.363. The Morgan fingerprint density at radius 1 is 1.63 bits per heavy atom. The fourth-order valence-electron chi connectivity index (χ4n) is 2.27. The zero-order chi connectivity index (χ0) is 13.3. The monoisotopic (exact) mass is 286 g/mol. The van der Waals surface area contributed by atoms with E-state index in [0.717, 1.165) is 25.2 Å². The highest BCUT2D eigenvalue weighted by atomic mass is 35.5. The Labute approximate surface area is 120 Å². The van der Waals surface area contributed by atoms with Gasteiger partial charge in [0.25, 0.3) is 5.91 Å². The number of nitrogens with one attached hydrogen (secondary N) is 1. The number of halogens is 1. The Morgan fingerprint density at radius 3 is 2.79 bits per heavy atom. The maximum atomic E-state index is 12.3. The number of nitrogens with zero attached hydrogens (tertiary/aromatic N) is 2. The number of hydrogen-bond donors (Lipinski definition) is 2. The number of H-pyrrole nitrogens is 1. The summed E-state index contributed by atoms with van der Waals surface area (Å²) in [5.41, 5.74) is 7.33. The molecule has 3 N–H and O–H groups in total. The van der Waals surface area contributed by atoms with Crippen LogP contribution < -0.4 is 5.73 Å². The lowest BCUT2D eigenvalue weighted by molar-refractivity contribution is 0.0771. The molecule has 0 aromatic carbocycles. The Balaban J connectivity index is 0.00000180. The third-order valence-corrected chi connectivity index (χ3v) is 3.78. The lowest BCUT2D eigenvalue weighted by Gasteiger charge is -2.21. The molecule has 1 atom stereocenters. The van der Waals surface area contributed by atoms with Gasteiger partial charge in [0.1, 0.15) is 5.69 Å². The molecule has 1 amide bonds. The van der Waals surface area contributed by atoms with Crippen molar-refractivity contribution in [2.24, 2.45) is 11.1 Å². The highest BCUT2D eigenvalue weighted by Gasteiger charge is 2.35. The van der Waals surface area contributed by atoms with E-state index in [1.165, 1.54) is 0 Å². The van der Waals surface area contributed by atoms with Crippen LogP contribution in [0.15, 0.2) is 6.07 Å². The zero-order valence-corrected chi connectivity index (χ0v) is 12.6. The Hall–Kier alpha value is -1.07. The van der Waals surface area contributed by atoms with E-state index >= 15 is 0 Å². The first-order valence-electron chi connectivity index (χ1n) is 6.50. The molecule has 1 saturated heterocycles. The van der Waals surface area contributed by atoms with Crippen molar-refractivity contribution in [2.75, 3.05) is 19.6 Å². The number of hydrogen-bond acceptors (Lipinski definition) is 3. The van der Waals surface area contributed by atoms with E-state index in [4.69, 9.17) is 5.73 Å². The molecular formula is C13H23ClN4O. The number of amides is 1. The normalized spacial score (nSPS) is 22.7. The average Bonchev–Trinajstić information content (AvgIpc) is 2.95. The second-order valence-electron chi connectivity index (χ2n) is 5.85. The van der Waals surface area contributed by atoms with Gasteiger partial charge in [-0.15, -0.1) is 12.4 Å². The Bertz CT molecular complexity index is 446. The first-order chi connectivity index (χ1) is 8.45. The second kappa shape index (κ2) is 5.92. The molecule has 6 heteroatoms. The minimum atomic E-state index is 0. The molecule has 108 valence electrons. The van der Waals surface area contributed by atoms with Gasteiger partial charge in [0.2, 0.25) is 0 Å². The smallest absolute Gasteiger partial charge is 0.274 e. The van der Waals surface area contributed by atoms with Crippen molar-refractivity contribution in [3.63, 3.8) is 0 Å². The summed E-state index contributed by atoms with van der Waals surface area (Å²) in [6, 6.07) is 1.85. The minimum absolute atomic E-state index is 0. The average molecular weight is 287 g/mol. The van der Waals surface area contributed by atoms with Crippen LogP contribution in [-0.4, -0.2) is 40.6 Å². The van der Waals surface area contributed by atoms with Crippen LogP contribution in [0.5, 0.6) is 0 Å². The van der Waals surface area contributed by atoms with Gasteiger partial charge in [-0.3, -0.25) is 9.89 Å². The SMILES string of the molecule is CC(C)c1cc(C(=O)N2CCC(C)(CN)C2)n[nH]1.Cl. The first kappa shape index (κ1) is 16.0. The molecular weight excluding hydrogens is 264 g/mol. The summed E-state index contributed by atoms with van der Waals surface area (Å²) in [4.78, 5) is 14.1. The van der Waals surface area contributed by atoms with Gasteiger partial charge in [0, 0.05) is 18.8 Å². The Kier molecular flexibility index (Phi) is 4.98. The molecule has 0 bridgehead atoms. The predicted octanol–water partition coefficient (Wildman–Crippen LogP) is 1.77. The highest BCUT2D eigenvalue weighted by Crippen LogP contribution is 2.29. The van der Waals surface area contributed by atoms with Crippen LogP contribution in [0, 0.1) is 5.41 Å². The van der Waals surface area contributed by atoms with Crippen molar-refractivity contribution in [2.45, 2.75) is 33.1 Å². The third kappa shape index (κ3) is 3.28. The van der Waals surface area contributed by atoms with Crippen molar-refractivity contribution in [3.05, 3.63) is 17.5 Å². The lowest BCUT2D eigenvalue weighted by atomic mass is 9.90. The third-order valence-electron chi connectivity index (χ3n) is 3.78. The van der Waals surface area contributed by atoms with Gasteiger partial charge in [-0.05, 0) is 30.4 Å². The molecule has 1 aromatic heterocycles. The topological polar surface area (TPSA) is 75.0 Å². The minimum Gasteiger partial charge on any atom is -0.337 e. The van der Waals surface area contributed by atoms with Gasteiger partial charge < -0.3 is 10.6 Å². The number of likely N-dealkylation sites (tertiary alicyclic amines) is 1. The van der Waals surface area contributed by atoms with Crippen LogP contribution in [-0.2, 0) is 0 Å². The number of carbonyl (C=O) groups is 1. The maximum Gasteiger partial charge on any atom is 0.274 e. The van der Waals surface area contributed by atoms with Gasteiger partial charge in [-0.2, -0.15) is 5.10 Å². The molecule has 5 nitrogen and oxygen atoms in total. The van der Waals surface area contributed by atoms with E-state index in [1.807, 2.05) is 11.0 Å². The summed E-state index contributed by atoms with van der Waals surface area (Å²) < 4.78 is 0. The van der Waals surface area contributed by atoms with E-state index in [-0.39, 0.29) is 23.7 Å². The molecule has 0 spiro atoms. The standard InChI is InChI=1S/C13H22N4O.ClH/c1-9(2)10-6-11(16-15-10)12(18)17-5-4-13(3,7-14)8-17;/h6,9H,4-5,7-8,14H2,1-3H3,(H,15,16);1H. The van der Waals surface area contributed by atoms with Crippen molar-refractivity contribution < 1.29 is 4.79 Å². The number of aromatic nitrogens is 2. The van der Waals surface area contributed by atoms with Crippen LogP contribution in [0.25, 0.3) is 0 Å². The molecule has 0 radical (unpaired) electrons. The molecule has 0 aliphatic carbocycles. The van der Waals surface area contributed by atoms with E-state index in [9.17, 15) is 4.79 Å². The zero-order valence-electron chi connectivity index (χ0n) is 11.8. The first-order valence-corrected chi connectivity index (χ1v) is 6.50. The van der Waals surface area contributed by atoms with E-state index < -0.39 is 0 Å². The molecule has 1 aliphatic heterocycles. The van der Waals surface area contributed by atoms with Crippen LogP contribution in [0.4, 0.5) is 0 Å². The largest absolute Gasteiger partial charge is 0.337 e. The quantitative estimate of drug-likeness (QED) is 0.889. The molecule has 2 rings (SSSR count). The van der Waals surface area contributed by atoms with Crippen LogP contribution in [0.1, 0.15) is 49.3 Å². The molecule has 1 fully saturated rings. The van der Waals surface area contributed by atoms with Gasteiger partial charge >= 0.3 is 0 Å². The van der Waals surface area contributed by atoms with E-state index in [2.05, 4.69) is 31.0 Å². The lowest BCUT2D eigenvalue weighted by Crippen LogP contribution is -2.34. The summed E-state index contributed by atoms with van der Waals surface area (Å²) in [7, 11) is 0. The number of aromatic amines is 1. The molecule has 1 aromatic rings. The van der Waals surface area contributed by atoms with Crippen LogP contribution in [0.3, 0.4) is 0 Å². The highest BCUT2D eigenvalue weighted by molar-refractivity contribution is 5.92. The summed E-state index contributed by atoms with van der Waals surface area (Å²) in [5, 5.41) is 7.03. The van der Waals surface area contributed by atoms with Crippen LogP contribution >= 0.6 is 12.4 Å². The van der Waals surface area contributed by atoms with Crippen LogP contribution in [0.2, 0.25) is 0 Å². The van der Waals surface area contributed by atoms with Crippen molar-refractivity contribution in [1.82, 2.24) is 15.1 Å². The van der Waals surface area contributed by atoms with Gasteiger partial charge in [-0.25, -0.2) is 0 Å². The number of rotatable bonds is 3. The molecule has 2 heterocycles. The van der Waals surface area contributed by atoms with Gasteiger partial charge in [-0.1, -0.05) is 20.8 Å². The maximum absolute atomic E-state index is 12.3. The summed E-state index contributed by atoms with van der Waals surface area (Å²) in [6.07, 6.45) is 0.969. The summed E-state index contributed by atoms with van der Waals surface area (Å²) >= 11 is 0. The number of nitrogens with two attached hydrogens (primary N) is 1. The van der Waals surface area contributed by atoms with Gasteiger partial charge in [0.15, 0.2) is 0 Å². The molecule has 1 unspecified atom stereocenters.